The Balaban J connectivity index is 1.66. The number of para-hydroxylation sites is 1. The Morgan fingerprint density at radius 2 is 1.63 bits per heavy atom. The molecule has 2 N–H and O–H groups in total. The zero-order valence-corrected chi connectivity index (χ0v) is 18.1. The fourth-order valence-corrected chi connectivity index (χ4v) is 5.17. The Hall–Kier alpha value is -2.95. The van der Waals surface area contributed by atoms with Gasteiger partial charge in [0.2, 0.25) is 5.91 Å². The third-order valence-corrected chi connectivity index (χ3v) is 7.65. The Morgan fingerprint density at radius 1 is 0.967 bits per heavy atom. The van der Waals surface area contributed by atoms with Gasteiger partial charge in [0.1, 0.15) is 11.1 Å². The van der Waals surface area contributed by atoms with Crippen molar-refractivity contribution in [2.45, 2.75) is 47.0 Å². The molecule has 2 unspecified atom stereocenters. The summed E-state index contributed by atoms with van der Waals surface area (Å²) in [6, 6.07) is 17.4. The van der Waals surface area contributed by atoms with Gasteiger partial charge in [-0.15, -0.1) is 0 Å². The van der Waals surface area contributed by atoms with Gasteiger partial charge >= 0.3 is 0 Å². The van der Waals surface area contributed by atoms with Crippen LogP contribution >= 0.6 is 0 Å². The molecule has 1 amide bonds. The molecule has 2 aromatic rings. The summed E-state index contributed by atoms with van der Waals surface area (Å²) in [5.41, 5.74) is 4.12. The second-order valence-electron chi connectivity index (χ2n) is 9.13. The van der Waals surface area contributed by atoms with E-state index in [4.69, 9.17) is 0 Å². The summed E-state index contributed by atoms with van der Waals surface area (Å²) in [6.45, 7) is 8.22. The van der Waals surface area contributed by atoms with Crippen LogP contribution in [-0.2, 0) is 16.0 Å². The van der Waals surface area contributed by atoms with Crippen LogP contribution in [0.15, 0.2) is 59.7 Å². The lowest BCUT2D eigenvalue weighted by Crippen LogP contribution is -2.47. The lowest BCUT2D eigenvalue weighted by Gasteiger charge is -2.37. The van der Waals surface area contributed by atoms with Gasteiger partial charge in [-0.2, -0.15) is 5.10 Å². The monoisotopic (exact) mass is 403 g/mol. The van der Waals surface area contributed by atoms with Crippen molar-refractivity contribution in [2.24, 2.45) is 21.3 Å². The molecule has 2 atom stereocenters. The Bertz CT molecular complexity index is 1010. The van der Waals surface area contributed by atoms with E-state index in [-0.39, 0.29) is 11.7 Å². The minimum Gasteiger partial charge on any atom is -0.325 e. The number of hydrogen-bond donors (Lipinski definition) is 2. The summed E-state index contributed by atoms with van der Waals surface area (Å²) in [7, 11) is 0. The molecule has 0 spiro atoms. The largest absolute Gasteiger partial charge is 0.325 e. The predicted octanol–water partition coefficient (Wildman–Crippen LogP) is 5.05. The maximum absolute atomic E-state index is 13.6. The summed E-state index contributed by atoms with van der Waals surface area (Å²) < 4.78 is 0. The molecule has 5 nitrogen and oxygen atoms in total. The van der Waals surface area contributed by atoms with Crippen molar-refractivity contribution in [3.63, 3.8) is 0 Å². The van der Waals surface area contributed by atoms with Crippen molar-refractivity contribution in [2.75, 3.05) is 10.7 Å². The summed E-state index contributed by atoms with van der Waals surface area (Å²) >= 11 is 0. The summed E-state index contributed by atoms with van der Waals surface area (Å²) in [5, 5.41) is 7.53. The number of amides is 1. The third-order valence-electron chi connectivity index (χ3n) is 7.65. The van der Waals surface area contributed by atoms with E-state index in [2.05, 4.69) is 29.7 Å². The summed E-state index contributed by atoms with van der Waals surface area (Å²) in [6.07, 6.45) is 2.23. The van der Waals surface area contributed by atoms with E-state index >= 15 is 0 Å². The van der Waals surface area contributed by atoms with Crippen LogP contribution in [0.1, 0.15) is 46.1 Å². The van der Waals surface area contributed by atoms with Crippen LogP contribution in [0.2, 0.25) is 0 Å². The normalized spacial score (nSPS) is 28.0. The highest BCUT2D eigenvalue weighted by Crippen LogP contribution is 2.69. The molecule has 0 aromatic heterocycles. The highest BCUT2D eigenvalue weighted by Gasteiger charge is 2.76. The van der Waals surface area contributed by atoms with Gasteiger partial charge in [-0.05, 0) is 54.5 Å². The number of nitrogens with one attached hydrogen (secondary N) is 2. The van der Waals surface area contributed by atoms with E-state index in [1.54, 1.807) is 0 Å². The number of hydrogen-bond acceptors (Lipinski definition) is 4. The standard InChI is InChI=1S/C25H29N3O2/c1-5-17-11-13-18(14-12-17)26-22(30)25-16-15-24(4,23(25,2)3)20(21(25)29)28-27-19-9-7-6-8-10-19/h6-14,27H,5,15-16H2,1-4H3,(H,26,30)/b28-20+. The van der Waals surface area contributed by atoms with Gasteiger partial charge in [0.25, 0.3) is 0 Å². The number of carbonyl (C=O) groups excluding carboxylic acids is 2. The minimum absolute atomic E-state index is 0.160. The van der Waals surface area contributed by atoms with E-state index in [9.17, 15) is 9.59 Å². The number of hydrazone groups is 1. The lowest BCUT2D eigenvalue weighted by molar-refractivity contribution is -0.139. The van der Waals surface area contributed by atoms with Crippen LogP contribution in [0, 0.1) is 16.2 Å². The van der Waals surface area contributed by atoms with E-state index in [0.29, 0.717) is 12.1 Å². The molecule has 2 aliphatic carbocycles. The lowest BCUT2D eigenvalue weighted by atomic mass is 9.64. The first-order valence-corrected chi connectivity index (χ1v) is 10.6. The van der Waals surface area contributed by atoms with E-state index in [1.165, 1.54) is 5.56 Å². The van der Waals surface area contributed by atoms with Crippen molar-refractivity contribution >= 4 is 28.8 Å². The second kappa shape index (κ2) is 7.08. The quantitative estimate of drug-likeness (QED) is 0.542. The van der Waals surface area contributed by atoms with Crippen molar-refractivity contribution < 1.29 is 9.59 Å². The van der Waals surface area contributed by atoms with E-state index in [0.717, 1.165) is 24.2 Å². The maximum Gasteiger partial charge on any atom is 0.239 e. The molecule has 4 rings (SSSR count). The van der Waals surface area contributed by atoms with Crippen LogP contribution in [0.4, 0.5) is 11.4 Å². The molecule has 2 saturated carbocycles. The molecule has 156 valence electrons. The zero-order chi connectivity index (χ0) is 21.6. The van der Waals surface area contributed by atoms with Gasteiger partial charge < -0.3 is 5.32 Å². The van der Waals surface area contributed by atoms with E-state index < -0.39 is 16.2 Å². The topological polar surface area (TPSA) is 70.6 Å². The molecule has 0 heterocycles. The first kappa shape index (κ1) is 20.3. The number of nitrogens with zero attached hydrogens (tertiary/aromatic N) is 1. The van der Waals surface area contributed by atoms with Crippen molar-refractivity contribution in [1.29, 1.82) is 0 Å². The Labute approximate surface area is 178 Å². The molecule has 0 radical (unpaired) electrons. The molecule has 2 fully saturated rings. The average Bonchev–Trinajstić information content (AvgIpc) is 3.03. The number of carbonyl (C=O) groups is 2. The van der Waals surface area contributed by atoms with E-state index in [1.807, 2.05) is 68.4 Å². The first-order valence-electron chi connectivity index (χ1n) is 10.6. The highest BCUT2D eigenvalue weighted by atomic mass is 16.2. The molecule has 2 bridgehead atoms. The van der Waals surface area contributed by atoms with Crippen LogP contribution in [-0.4, -0.2) is 17.4 Å². The predicted molar refractivity (Wildman–Crippen MR) is 121 cm³/mol. The van der Waals surface area contributed by atoms with Gasteiger partial charge in [-0.25, -0.2) is 0 Å². The fraction of sp³-hybridized carbons (Fsp3) is 0.400. The van der Waals surface area contributed by atoms with Crippen LogP contribution in [0.5, 0.6) is 0 Å². The summed E-state index contributed by atoms with van der Waals surface area (Å²) in [4.78, 5) is 27.2. The molecule has 2 aromatic carbocycles. The number of Topliss-reactive ketones (excluding diaryl/α,β-unsaturated/α-hetero) is 1. The van der Waals surface area contributed by atoms with Gasteiger partial charge in [0.15, 0.2) is 5.78 Å². The first-order chi connectivity index (χ1) is 14.3. The van der Waals surface area contributed by atoms with Crippen LogP contribution < -0.4 is 10.7 Å². The Kier molecular flexibility index (Phi) is 4.80. The number of aryl methyl sites for hydroxylation is 1. The molecule has 30 heavy (non-hydrogen) atoms. The number of fused-ring (bicyclic) bond motifs is 2. The zero-order valence-electron chi connectivity index (χ0n) is 18.1. The van der Waals surface area contributed by atoms with Gasteiger partial charge in [0, 0.05) is 11.1 Å². The van der Waals surface area contributed by atoms with Crippen LogP contribution in [0.3, 0.4) is 0 Å². The second-order valence-corrected chi connectivity index (χ2v) is 9.13. The van der Waals surface area contributed by atoms with Crippen molar-refractivity contribution in [3.05, 3.63) is 60.2 Å². The Morgan fingerprint density at radius 3 is 2.27 bits per heavy atom. The molecule has 5 heteroatoms. The highest BCUT2D eigenvalue weighted by molar-refractivity contribution is 6.51. The van der Waals surface area contributed by atoms with Crippen LogP contribution in [0.25, 0.3) is 0 Å². The number of anilines is 2. The fourth-order valence-electron chi connectivity index (χ4n) is 5.17. The molecular weight excluding hydrogens is 374 g/mol. The van der Waals surface area contributed by atoms with Gasteiger partial charge in [-0.1, -0.05) is 58.0 Å². The smallest absolute Gasteiger partial charge is 0.239 e. The number of rotatable bonds is 5. The number of benzene rings is 2. The minimum atomic E-state index is -1.11. The van der Waals surface area contributed by atoms with Gasteiger partial charge in [0.05, 0.1) is 5.69 Å². The molecular formula is C25H29N3O2. The third kappa shape index (κ3) is 2.72. The number of ketones is 1. The summed E-state index contributed by atoms with van der Waals surface area (Å²) in [5.74, 6) is -0.386. The molecule has 2 aliphatic rings. The van der Waals surface area contributed by atoms with Crippen molar-refractivity contribution in [1.82, 2.24) is 0 Å². The average molecular weight is 404 g/mol. The van der Waals surface area contributed by atoms with Crippen molar-refractivity contribution in [3.8, 4) is 0 Å². The SMILES string of the molecule is CCc1ccc(NC(=O)C23CCC(C)(/C(=N/Nc4ccccc4)C2=O)C3(C)C)cc1. The maximum atomic E-state index is 13.6. The molecule has 0 aliphatic heterocycles. The molecule has 0 saturated heterocycles. The van der Waals surface area contributed by atoms with Gasteiger partial charge in [-0.3, -0.25) is 15.0 Å².